The number of halogens is 4. The van der Waals surface area contributed by atoms with Gasteiger partial charge in [-0.2, -0.15) is 0 Å². The van der Waals surface area contributed by atoms with Gasteiger partial charge in [0.2, 0.25) is 5.91 Å². The van der Waals surface area contributed by atoms with Crippen LogP contribution in [0.4, 0.5) is 18.9 Å². The fourth-order valence-corrected chi connectivity index (χ4v) is 7.75. The maximum Gasteiger partial charge on any atom is 0.573 e. The molecule has 2 aromatic carbocycles. The first-order valence-electron chi connectivity index (χ1n) is 14.0. The second kappa shape index (κ2) is 12.9. The van der Waals surface area contributed by atoms with Gasteiger partial charge >= 0.3 is 6.36 Å². The molecule has 0 spiro atoms. The summed E-state index contributed by atoms with van der Waals surface area (Å²) in [4.78, 5) is 30.6. The Bertz CT molecular complexity index is 1440. The molecule has 9 nitrogen and oxygen atoms in total. The lowest BCUT2D eigenvalue weighted by Crippen LogP contribution is -2.53. The Hall–Kier alpha value is -3.03. The van der Waals surface area contributed by atoms with Gasteiger partial charge in [0.1, 0.15) is 11.8 Å². The first kappa shape index (κ1) is 32.9. The summed E-state index contributed by atoms with van der Waals surface area (Å²) < 4.78 is 68.9. The van der Waals surface area contributed by atoms with Crippen LogP contribution in [-0.2, 0) is 14.6 Å². The molecule has 236 valence electrons. The van der Waals surface area contributed by atoms with E-state index in [-0.39, 0.29) is 58.3 Å². The van der Waals surface area contributed by atoms with Crippen molar-refractivity contribution in [3.8, 4) is 5.75 Å². The Kier molecular flexibility index (Phi) is 9.87. The average Bonchev–Trinajstić information content (AvgIpc) is 3.27. The highest BCUT2D eigenvalue weighted by atomic mass is 35.5. The number of rotatable bonds is 9. The highest BCUT2D eigenvalue weighted by molar-refractivity contribution is 7.91. The van der Waals surface area contributed by atoms with Gasteiger partial charge in [-0.05, 0) is 95.0 Å². The van der Waals surface area contributed by atoms with Crippen molar-refractivity contribution in [2.75, 3.05) is 25.1 Å². The van der Waals surface area contributed by atoms with Gasteiger partial charge in [-0.3, -0.25) is 9.59 Å². The number of hydrogen-bond acceptors (Lipinski definition) is 7. The number of anilines is 1. The Balaban J connectivity index is 1.52. The van der Waals surface area contributed by atoms with Gasteiger partial charge in [-0.15, -0.1) is 13.2 Å². The molecule has 1 saturated carbocycles. The van der Waals surface area contributed by atoms with E-state index in [2.05, 4.69) is 28.8 Å². The molecule has 2 amide bonds. The second-order valence-corrected chi connectivity index (χ2v) is 13.9. The van der Waals surface area contributed by atoms with Crippen molar-refractivity contribution in [1.82, 2.24) is 15.1 Å². The molecule has 0 bridgehead atoms. The molecule has 0 unspecified atom stereocenters. The summed E-state index contributed by atoms with van der Waals surface area (Å²) in [7, 11) is -1.70. The maximum atomic E-state index is 13.6. The SMILES string of the molecule is CC(C)N(C)[C@@H]1CC[C@H](N2CC[C@H](NC(=O)c3cc(OC(F)(F)F)ccc3N)C2=O)[C@H](CS(=O)(=O)c2ccc(Cl)cc2)C1. The van der Waals surface area contributed by atoms with Crippen molar-refractivity contribution in [3.05, 3.63) is 53.1 Å². The van der Waals surface area contributed by atoms with Crippen LogP contribution in [0.5, 0.6) is 5.75 Å². The number of hydrogen-bond donors (Lipinski definition) is 2. The number of nitrogen functional groups attached to an aromatic ring is 1. The number of nitrogens with two attached hydrogens (primary N) is 1. The van der Waals surface area contributed by atoms with Crippen LogP contribution in [0.25, 0.3) is 0 Å². The number of carbonyl (C=O) groups excluding carboxylic acids is 2. The molecule has 4 atom stereocenters. The van der Waals surface area contributed by atoms with Gasteiger partial charge in [0.05, 0.1) is 16.2 Å². The van der Waals surface area contributed by atoms with Gasteiger partial charge in [0.15, 0.2) is 9.84 Å². The van der Waals surface area contributed by atoms with E-state index in [4.69, 9.17) is 17.3 Å². The van der Waals surface area contributed by atoms with Gasteiger partial charge in [0.25, 0.3) is 5.91 Å². The van der Waals surface area contributed by atoms with Gasteiger partial charge in [-0.25, -0.2) is 8.42 Å². The van der Waals surface area contributed by atoms with E-state index in [0.717, 1.165) is 24.6 Å². The minimum absolute atomic E-state index is 0.0746. The zero-order valence-electron chi connectivity index (χ0n) is 24.1. The Morgan fingerprint density at radius 3 is 2.47 bits per heavy atom. The minimum Gasteiger partial charge on any atom is -0.406 e. The van der Waals surface area contributed by atoms with E-state index < -0.39 is 33.9 Å². The van der Waals surface area contributed by atoms with Crippen molar-refractivity contribution in [2.45, 2.75) is 75.0 Å². The first-order valence-corrected chi connectivity index (χ1v) is 16.1. The number of benzene rings is 2. The number of likely N-dealkylation sites (tertiary alicyclic amines) is 1. The topological polar surface area (TPSA) is 122 Å². The maximum absolute atomic E-state index is 13.6. The van der Waals surface area contributed by atoms with E-state index >= 15 is 0 Å². The number of nitrogens with zero attached hydrogens (tertiary/aromatic N) is 2. The van der Waals surface area contributed by atoms with Crippen LogP contribution in [0.2, 0.25) is 5.02 Å². The summed E-state index contributed by atoms with van der Waals surface area (Å²) in [5.41, 5.74) is 5.51. The number of sulfone groups is 1. The van der Waals surface area contributed by atoms with Gasteiger partial charge in [-0.1, -0.05) is 11.6 Å². The standard InChI is InChI=1S/C29H36ClF3N4O5S/c1-17(2)36(3)20-6-11-26(18(14-20)16-43(40,41)22-8-4-19(30)5-9-22)37-13-12-25(28(37)39)35-27(38)23-15-21(7-10-24(23)34)42-29(31,32)33/h4-5,7-10,15,17-18,20,25-26H,6,11-14,16,34H2,1-3H3,(H,35,38)/t18-,20+,25-,26-/m0/s1. The molecular weight excluding hydrogens is 609 g/mol. The third-order valence-electron chi connectivity index (χ3n) is 8.36. The number of nitrogens with one attached hydrogen (secondary N) is 1. The molecule has 14 heteroatoms. The molecule has 1 aliphatic heterocycles. The zero-order valence-corrected chi connectivity index (χ0v) is 25.7. The smallest absolute Gasteiger partial charge is 0.406 e. The van der Waals surface area contributed by atoms with Crippen molar-refractivity contribution in [1.29, 1.82) is 0 Å². The molecule has 0 aromatic heterocycles. The lowest BCUT2D eigenvalue weighted by molar-refractivity contribution is -0.274. The summed E-state index contributed by atoms with van der Waals surface area (Å²) in [6, 6.07) is 8.05. The number of amides is 2. The summed E-state index contributed by atoms with van der Waals surface area (Å²) in [6.45, 7) is 4.43. The minimum atomic E-state index is -4.95. The van der Waals surface area contributed by atoms with Crippen LogP contribution in [0.1, 0.15) is 49.9 Å². The van der Waals surface area contributed by atoms with Crippen molar-refractivity contribution < 1.29 is 35.9 Å². The summed E-state index contributed by atoms with van der Waals surface area (Å²) in [5.74, 6) is -2.32. The second-order valence-electron chi connectivity index (χ2n) is 11.4. The van der Waals surface area contributed by atoms with Crippen LogP contribution in [-0.4, -0.2) is 79.9 Å². The van der Waals surface area contributed by atoms with Crippen molar-refractivity contribution in [2.24, 2.45) is 5.92 Å². The fraction of sp³-hybridized carbons (Fsp3) is 0.517. The number of ether oxygens (including phenoxy) is 1. The van der Waals surface area contributed by atoms with Crippen LogP contribution in [0, 0.1) is 5.92 Å². The Morgan fingerprint density at radius 2 is 1.84 bits per heavy atom. The third-order valence-corrected chi connectivity index (χ3v) is 10.5. The van der Waals surface area contributed by atoms with Gasteiger partial charge < -0.3 is 25.6 Å². The molecule has 1 heterocycles. The normalized spacial score (nSPS) is 23.2. The molecule has 2 fully saturated rings. The summed E-state index contributed by atoms with van der Waals surface area (Å²) >= 11 is 5.96. The van der Waals surface area contributed by atoms with E-state index in [1.807, 2.05) is 7.05 Å². The van der Waals surface area contributed by atoms with Crippen LogP contribution >= 0.6 is 11.6 Å². The molecule has 1 saturated heterocycles. The lowest BCUT2D eigenvalue weighted by Gasteiger charge is -2.44. The lowest BCUT2D eigenvalue weighted by atomic mass is 9.81. The number of alkyl halides is 3. The molecule has 43 heavy (non-hydrogen) atoms. The molecule has 0 radical (unpaired) electrons. The quantitative estimate of drug-likeness (QED) is 0.386. The van der Waals surface area contributed by atoms with E-state index in [1.165, 1.54) is 24.3 Å². The van der Waals surface area contributed by atoms with E-state index in [0.29, 0.717) is 24.4 Å². The van der Waals surface area contributed by atoms with E-state index in [9.17, 15) is 31.2 Å². The summed E-state index contributed by atoms with van der Waals surface area (Å²) in [6.07, 6.45) is -2.79. The Labute approximate surface area is 254 Å². The molecule has 4 rings (SSSR count). The van der Waals surface area contributed by atoms with Crippen molar-refractivity contribution in [3.63, 3.8) is 0 Å². The van der Waals surface area contributed by atoms with Gasteiger partial charge in [0, 0.05) is 35.4 Å². The molecular formula is C29H36ClF3N4O5S. The van der Waals surface area contributed by atoms with E-state index in [1.54, 1.807) is 4.90 Å². The largest absolute Gasteiger partial charge is 0.573 e. The molecule has 2 aliphatic rings. The van der Waals surface area contributed by atoms with Crippen LogP contribution in [0.3, 0.4) is 0 Å². The van der Waals surface area contributed by atoms with Crippen molar-refractivity contribution >= 4 is 38.9 Å². The zero-order chi connectivity index (χ0) is 31.7. The molecule has 3 N–H and O–H groups in total. The molecule has 1 aliphatic carbocycles. The molecule has 2 aromatic rings. The monoisotopic (exact) mass is 644 g/mol. The number of carbonyl (C=O) groups is 2. The predicted molar refractivity (Wildman–Crippen MR) is 156 cm³/mol. The first-order chi connectivity index (χ1) is 20.1. The fourth-order valence-electron chi connectivity index (χ4n) is 5.95. The highest BCUT2D eigenvalue weighted by Gasteiger charge is 2.44. The summed E-state index contributed by atoms with van der Waals surface area (Å²) in [5, 5.41) is 3.02. The predicted octanol–water partition coefficient (Wildman–Crippen LogP) is 4.50. The Morgan fingerprint density at radius 1 is 1.16 bits per heavy atom. The third kappa shape index (κ3) is 7.93. The van der Waals surface area contributed by atoms with Crippen LogP contribution in [0.15, 0.2) is 47.4 Å². The van der Waals surface area contributed by atoms with Crippen LogP contribution < -0.4 is 15.8 Å². The highest BCUT2D eigenvalue weighted by Crippen LogP contribution is 2.36. The average molecular weight is 645 g/mol.